The highest BCUT2D eigenvalue weighted by Gasteiger charge is 2.07. The largest absolute Gasteiger partial charge is 0.493 e. The number of hydrogen-bond acceptors (Lipinski definition) is 4. The molecule has 0 amide bonds. The molecule has 0 aliphatic carbocycles. The van der Waals surface area contributed by atoms with Crippen LogP contribution in [-0.2, 0) is 6.42 Å². The van der Waals surface area contributed by atoms with Crippen molar-refractivity contribution in [2.24, 2.45) is 5.73 Å². The predicted molar refractivity (Wildman–Crippen MR) is 105 cm³/mol. The third-order valence-corrected chi connectivity index (χ3v) is 4.11. The van der Waals surface area contributed by atoms with Gasteiger partial charge in [0.25, 0.3) is 0 Å². The maximum absolute atomic E-state index is 5.56. The van der Waals surface area contributed by atoms with Crippen molar-refractivity contribution >= 4 is 17.2 Å². The Morgan fingerprint density at radius 3 is 2.58 bits per heavy atom. The van der Waals surface area contributed by atoms with E-state index >= 15 is 0 Å². The Hall–Kier alpha value is -1.33. The van der Waals surface area contributed by atoms with Crippen molar-refractivity contribution in [2.75, 3.05) is 26.8 Å². The highest BCUT2D eigenvalue weighted by Crippen LogP contribution is 2.28. The minimum atomic E-state index is 0.480. The Balaban J connectivity index is 2.33. The van der Waals surface area contributed by atoms with Gasteiger partial charge in [0.1, 0.15) is 6.61 Å². The highest BCUT2D eigenvalue weighted by molar-refractivity contribution is 7.80. The Bertz CT molecular complexity index is 480. The normalized spacial score (nSPS) is 10.5. The quantitative estimate of drug-likeness (QED) is 0.417. The number of hydrogen-bond donors (Lipinski definition) is 2. The highest BCUT2D eigenvalue weighted by atomic mass is 32.1. The molecule has 0 aliphatic heterocycles. The van der Waals surface area contributed by atoms with E-state index in [1.807, 2.05) is 18.2 Å². The van der Waals surface area contributed by atoms with Crippen LogP contribution in [-0.4, -0.2) is 31.8 Å². The van der Waals surface area contributed by atoms with Gasteiger partial charge in [-0.25, -0.2) is 0 Å². The van der Waals surface area contributed by atoms with E-state index in [-0.39, 0.29) is 0 Å². The van der Waals surface area contributed by atoms with Crippen molar-refractivity contribution in [3.63, 3.8) is 0 Å². The van der Waals surface area contributed by atoms with Crippen LogP contribution in [0.5, 0.6) is 11.5 Å². The standard InChI is InChI=1S/C19H32N2O2S/c1-3-4-5-6-7-8-12-21-19(24)15-16-9-10-17(23-13-11-20)18(14-16)22-2/h9-10,14H,3-8,11-13,15,20H2,1-2H3,(H,21,24). The second-order valence-corrected chi connectivity index (χ2v) is 6.41. The average Bonchev–Trinajstić information content (AvgIpc) is 2.59. The molecule has 0 saturated heterocycles. The second-order valence-electron chi connectivity index (χ2n) is 5.92. The lowest BCUT2D eigenvalue weighted by Gasteiger charge is -2.12. The Labute approximate surface area is 152 Å². The molecule has 1 aromatic carbocycles. The molecule has 0 fully saturated rings. The smallest absolute Gasteiger partial charge is 0.161 e. The van der Waals surface area contributed by atoms with Crippen LogP contribution >= 0.6 is 12.2 Å². The minimum Gasteiger partial charge on any atom is -0.493 e. The lowest BCUT2D eigenvalue weighted by Crippen LogP contribution is -2.24. The van der Waals surface area contributed by atoms with Crippen molar-refractivity contribution in [3.05, 3.63) is 23.8 Å². The molecular weight excluding hydrogens is 320 g/mol. The average molecular weight is 353 g/mol. The fourth-order valence-electron chi connectivity index (χ4n) is 2.49. The van der Waals surface area contributed by atoms with E-state index in [9.17, 15) is 0 Å². The van der Waals surface area contributed by atoms with Crippen LogP contribution in [0.1, 0.15) is 51.0 Å². The molecule has 136 valence electrons. The maximum Gasteiger partial charge on any atom is 0.161 e. The van der Waals surface area contributed by atoms with E-state index in [2.05, 4.69) is 12.2 Å². The SMILES string of the molecule is CCCCCCCCNC(=S)Cc1ccc(OCCN)c(OC)c1. The van der Waals surface area contributed by atoms with E-state index < -0.39 is 0 Å². The minimum absolute atomic E-state index is 0.480. The van der Waals surface area contributed by atoms with Gasteiger partial charge in [-0.05, 0) is 24.1 Å². The van der Waals surface area contributed by atoms with Crippen LogP contribution in [0.3, 0.4) is 0 Å². The molecule has 0 heterocycles. The monoisotopic (exact) mass is 352 g/mol. The molecule has 0 bridgehead atoms. The molecule has 0 aliphatic rings. The van der Waals surface area contributed by atoms with Crippen LogP contribution in [0.2, 0.25) is 0 Å². The number of nitrogens with one attached hydrogen (secondary N) is 1. The van der Waals surface area contributed by atoms with Gasteiger partial charge in [-0.3, -0.25) is 0 Å². The molecule has 24 heavy (non-hydrogen) atoms. The molecule has 3 N–H and O–H groups in total. The molecular formula is C19H32N2O2S. The van der Waals surface area contributed by atoms with E-state index in [0.29, 0.717) is 13.2 Å². The first kappa shape index (κ1) is 20.7. The van der Waals surface area contributed by atoms with Crippen LogP contribution in [0, 0.1) is 0 Å². The van der Waals surface area contributed by atoms with Gasteiger partial charge in [0.05, 0.1) is 12.1 Å². The summed E-state index contributed by atoms with van der Waals surface area (Å²) in [6.07, 6.45) is 8.48. The third-order valence-electron chi connectivity index (χ3n) is 3.82. The molecule has 1 rings (SSSR count). The van der Waals surface area contributed by atoms with Crippen molar-refractivity contribution in [1.82, 2.24) is 5.32 Å². The Morgan fingerprint density at radius 2 is 1.88 bits per heavy atom. The van der Waals surface area contributed by atoms with Gasteiger partial charge < -0.3 is 20.5 Å². The van der Waals surface area contributed by atoms with Gasteiger partial charge in [0.2, 0.25) is 0 Å². The summed E-state index contributed by atoms with van der Waals surface area (Å²) >= 11 is 5.44. The van der Waals surface area contributed by atoms with Gasteiger partial charge in [-0.15, -0.1) is 0 Å². The molecule has 4 nitrogen and oxygen atoms in total. The zero-order valence-electron chi connectivity index (χ0n) is 15.1. The van der Waals surface area contributed by atoms with Crippen LogP contribution in [0.4, 0.5) is 0 Å². The molecule has 1 aromatic rings. The van der Waals surface area contributed by atoms with Gasteiger partial charge in [-0.2, -0.15) is 0 Å². The molecule has 0 radical (unpaired) electrons. The number of unbranched alkanes of at least 4 members (excludes halogenated alkanes) is 5. The second kappa shape index (κ2) is 13.0. The summed E-state index contributed by atoms with van der Waals surface area (Å²) in [5, 5.41) is 3.35. The molecule has 0 atom stereocenters. The number of benzene rings is 1. The summed E-state index contributed by atoms with van der Waals surface area (Å²) in [5.74, 6) is 1.44. The maximum atomic E-state index is 5.56. The van der Waals surface area contributed by atoms with Gasteiger partial charge in [0, 0.05) is 19.5 Å². The van der Waals surface area contributed by atoms with E-state index in [1.165, 1.54) is 38.5 Å². The number of nitrogens with two attached hydrogens (primary N) is 1. The van der Waals surface area contributed by atoms with Gasteiger partial charge in [0.15, 0.2) is 11.5 Å². The summed E-state index contributed by atoms with van der Waals surface area (Å²) in [7, 11) is 1.64. The van der Waals surface area contributed by atoms with E-state index in [4.69, 9.17) is 27.4 Å². The molecule has 0 spiro atoms. The van der Waals surface area contributed by atoms with Gasteiger partial charge >= 0.3 is 0 Å². The lowest BCUT2D eigenvalue weighted by molar-refractivity contribution is 0.302. The molecule has 0 unspecified atom stereocenters. The zero-order chi connectivity index (χ0) is 17.6. The fraction of sp³-hybridized carbons (Fsp3) is 0.632. The summed E-state index contributed by atoms with van der Waals surface area (Å²) in [6.45, 7) is 4.16. The predicted octanol–water partition coefficient (Wildman–Crippen LogP) is 3.85. The first-order chi connectivity index (χ1) is 11.7. The number of thiocarbonyl (C=S) groups is 1. The summed E-state index contributed by atoms with van der Waals surface area (Å²) in [6, 6.07) is 5.91. The van der Waals surface area contributed by atoms with Crippen LogP contribution < -0.4 is 20.5 Å². The lowest BCUT2D eigenvalue weighted by atomic mass is 10.1. The summed E-state index contributed by atoms with van der Waals surface area (Å²) < 4.78 is 10.9. The fourth-order valence-corrected chi connectivity index (χ4v) is 2.76. The van der Waals surface area contributed by atoms with Crippen molar-refractivity contribution in [2.45, 2.75) is 51.9 Å². The van der Waals surface area contributed by atoms with Crippen molar-refractivity contribution in [3.8, 4) is 11.5 Å². The third kappa shape index (κ3) is 8.50. The summed E-state index contributed by atoms with van der Waals surface area (Å²) in [4.78, 5) is 0.876. The van der Waals surface area contributed by atoms with Crippen molar-refractivity contribution < 1.29 is 9.47 Å². The van der Waals surface area contributed by atoms with E-state index in [0.717, 1.165) is 35.0 Å². The number of methoxy groups -OCH3 is 1. The first-order valence-corrected chi connectivity index (χ1v) is 9.38. The number of rotatable bonds is 13. The Morgan fingerprint density at radius 1 is 1.12 bits per heavy atom. The first-order valence-electron chi connectivity index (χ1n) is 8.97. The zero-order valence-corrected chi connectivity index (χ0v) is 15.9. The van der Waals surface area contributed by atoms with Crippen LogP contribution in [0.15, 0.2) is 18.2 Å². The summed E-state index contributed by atoms with van der Waals surface area (Å²) in [5.41, 5.74) is 6.58. The van der Waals surface area contributed by atoms with Crippen LogP contribution in [0.25, 0.3) is 0 Å². The van der Waals surface area contributed by atoms with Gasteiger partial charge in [-0.1, -0.05) is 57.3 Å². The van der Waals surface area contributed by atoms with E-state index in [1.54, 1.807) is 7.11 Å². The Kier molecular flexibility index (Phi) is 11.2. The molecule has 5 heteroatoms. The topological polar surface area (TPSA) is 56.5 Å². The molecule has 0 saturated carbocycles. The number of ether oxygens (including phenoxy) is 2. The van der Waals surface area contributed by atoms with Crippen molar-refractivity contribution in [1.29, 1.82) is 0 Å². The molecule has 0 aromatic heterocycles.